The molecule has 0 bridgehead atoms. The minimum Gasteiger partial charge on any atom is -0.497 e. The summed E-state index contributed by atoms with van der Waals surface area (Å²) in [5.74, 6) is 0.403. The van der Waals surface area contributed by atoms with Gasteiger partial charge in [-0.05, 0) is 31.2 Å². The minimum absolute atomic E-state index is 0.292. The lowest BCUT2D eigenvalue weighted by Crippen LogP contribution is -2.17. The molecule has 0 saturated carbocycles. The van der Waals surface area contributed by atoms with E-state index in [1.807, 2.05) is 31.2 Å². The van der Waals surface area contributed by atoms with Crippen molar-refractivity contribution in [3.8, 4) is 17.0 Å². The Labute approximate surface area is 145 Å². The number of nitrogens with one attached hydrogen (secondary N) is 2. The van der Waals surface area contributed by atoms with E-state index >= 15 is 0 Å². The van der Waals surface area contributed by atoms with E-state index in [1.165, 1.54) is 5.56 Å². The van der Waals surface area contributed by atoms with Gasteiger partial charge in [0, 0.05) is 16.7 Å². The van der Waals surface area contributed by atoms with E-state index in [1.54, 1.807) is 43.8 Å². The van der Waals surface area contributed by atoms with Crippen LogP contribution in [0.2, 0.25) is 0 Å². The number of aromatic amines is 1. The molecule has 0 saturated heterocycles. The molecule has 1 aromatic heterocycles. The van der Waals surface area contributed by atoms with Crippen LogP contribution >= 0.6 is 0 Å². The number of nitrogens with zero attached hydrogens (tertiary/aromatic N) is 2. The highest BCUT2D eigenvalue weighted by molar-refractivity contribution is 5.95. The predicted molar refractivity (Wildman–Crippen MR) is 96.8 cm³/mol. The van der Waals surface area contributed by atoms with Crippen molar-refractivity contribution in [2.45, 2.75) is 6.92 Å². The number of carbonyl (C=O) groups excluding carboxylic acids is 1. The second kappa shape index (κ2) is 7.44. The van der Waals surface area contributed by atoms with Crippen molar-refractivity contribution < 1.29 is 9.53 Å². The van der Waals surface area contributed by atoms with Gasteiger partial charge in [-0.25, -0.2) is 5.43 Å². The second-order valence-corrected chi connectivity index (χ2v) is 5.49. The first-order chi connectivity index (χ1) is 12.2. The number of carbonyl (C=O) groups is 1. The molecule has 0 aliphatic carbocycles. The van der Waals surface area contributed by atoms with Crippen molar-refractivity contribution >= 4 is 12.1 Å². The molecular formula is C19H18N4O2. The zero-order chi connectivity index (χ0) is 17.6. The molecule has 126 valence electrons. The summed E-state index contributed by atoms with van der Waals surface area (Å²) >= 11 is 0. The molecule has 0 spiro atoms. The number of benzene rings is 2. The fourth-order valence-corrected chi connectivity index (χ4v) is 2.31. The molecule has 0 aliphatic heterocycles. The number of aryl methyl sites for hydroxylation is 1. The number of hydrazone groups is 1. The van der Waals surface area contributed by atoms with Crippen molar-refractivity contribution in [2.24, 2.45) is 5.10 Å². The van der Waals surface area contributed by atoms with E-state index in [0.29, 0.717) is 11.3 Å². The number of H-pyrrole nitrogens is 1. The number of hydrogen-bond acceptors (Lipinski definition) is 4. The van der Waals surface area contributed by atoms with Crippen LogP contribution in [-0.2, 0) is 0 Å². The Morgan fingerprint density at radius 3 is 2.56 bits per heavy atom. The summed E-state index contributed by atoms with van der Waals surface area (Å²) in [4.78, 5) is 12.1. The van der Waals surface area contributed by atoms with Gasteiger partial charge < -0.3 is 4.74 Å². The lowest BCUT2D eigenvalue weighted by atomic mass is 10.1. The maximum Gasteiger partial charge on any atom is 0.271 e. The van der Waals surface area contributed by atoms with Gasteiger partial charge in [0.1, 0.15) is 5.75 Å². The summed E-state index contributed by atoms with van der Waals surface area (Å²) in [5, 5.41) is 11.0. The largest absolute Gasteiger partial charge is 0.497 e. The first-order valence-electron chi connectivity index (χ1n) is 7.75. The SMILES string of the molecule is COc1ccc(C(=O)N/N=C/c2cn[nH]c2-c2ccc(C)cc2)cc1. The van der Waals surface area contributed by atoms with E-state index in [-0.39, 0.29) is 5.91 Å². The van der Waals surface area contributed by atoms with Gasteiger partial charge in [0.05, 0.1) is 25.2 Å². The van der Waals surface area contributed by atoms with E-state index in [4.69, 9.17) is 4.74 Å². The maximum atomic E-state index is 12.1. The lowest BCUT2D eigenvalue weighted by Gasteiger charge is -2.02. The van der Waals surface area contributed by atoms with Gasteiger partial charge in [0.25, 0.3) is 5.91 Å². The fraction of sp³-hybridized carbons (Fsp3) is 0.105. The smallest absolute Gasteiger partial charge is 0.271 e. The molecule has 1 heterocycles. The van der Waals surface area contributed by atoms with Gasteiger partial charge >= 0.3 is 0 Å². The normalized spacial score (nSPS) is 10.8. The number of aromatic nitrogens is 2. The molecule has 0 radical (unpaired) electrons. The van der Waals surface area contributed by atoms with E-state index in [9.17, 15) is 4.79 Å². The molecule has 25 heavy (non-hydrogen) atoms. The summed E-state index contributed by atoms with van der Waals surface area (Å²) in [7, 11) is 1.58. The molecule has 2 N–H and O–H groups in total. The summed E-state index contributed by atoms with van der Waals surface area (Å²) in [6.45, 7) is 2.04. The van der Waals surface area contributed by atoms with Crippen LogP contribution in [0, 0.1) is 6.92 Å². The maximum absolute atomic E-state index is 12.1. The van der Waals surface area contributed by atoms with Crippen LogP contribution in [0.4, 0.5) is 0 Å². The zero-order valence-electron chi connectivity index (χ0n) is 14.0. The third-order valence-corrected chi connectivity index (χ3v) is 3.73. The molecule has 3 aromatic rings. The Kier molecular flexibility index (Phi) is 4.89. The molecule has 6 heteroatoms. The van der Waals surface area contributed by atoms with Crippen LogP contribution in [-0.4, -0.2) is 29.4 Å². The molecule has 2 aromatic carbocycles. The number of hydrogen-bond donors (Lipinski definition) is 2. The van der Waals surface area contributed by atoms with Gasteiger partial charge in [0.15, 0.2) is 0 Å². The van der Waals surface area contributed by atoms with Crippen molar-refractivity contribution in [3.05, 3.63) is 71.4 Å². The third kappa shape index (κ3) is 3.92. The quantitative estimate of drug-likeness (QED) is 0.556. The Bertz CT molecular complexity index is 881. The second-order valence-electron chi connectivity index (χ2n) is 5.49. The molecule has 0 unspecified atom stereocenters. The number of amides is 1. The van der Waals surface area contributed by atoms with Gasteiger partial charge in [-0.3, -0.25) is 9.89 Å². The van der Waals surface area contributed by atoms with E-state index in [2.05, 4.69) is 20.7 Å². The van der Waals surface area contributed by atoms with Crippen LogP contribution in [0.5, 0.6) is 5.75 Å². The Hall–Kier alpha value is -3.41. The van der Waals surface area contributed by atoms with Crippen molar-refractivity contribution in [2.75, 3.05) is 7.11 Å². The Morgan fingerprint density at radius 2 is 1.88 bits per heavy atom. The fourth-order valence-electron chi connectivity index (χ4n) is 2.31. The summed E-state index contributed by atoms with van der Waals surface area (Å²) in [5.41, 5.74) is 6.85. The summed E-state index contributed by atoms with van der Waals surface area (Å²) in [6.07, 6.45) is 3.23. The molecule has 0 fully saturated rings. The third-order valence-electron chi connectivity index (χ3n) is 3.73. The molecule has 0 aliphatic rings. The zero-order valence-corrected chi connectivity index (χ0v) is 14.0. The predicted octanol–water partition coefficient (Wildman–Crippen LogP) is 3.16. The first-order valence-corrected chi connectivity index (χ1v) is 7.75. The number of ether oxygens (including phenoxy) is 1. The van der Waals surface area contributed by atoms with Crippen LogP contribution < -0.4 is 10.2 Å². The van der Waals surface area contributed by atoms with E-state index < -0.39 is 0 Å². The van der Waals surface area contributed by atoms with Gasteiger partial charge in [-0.15, -0.1) is 0 Å². The topological polar surface area (TPSA) is 79.4 Å². The summed E-state index contributed by atoms with van der Waals surface area (Å²) in [6, 6.07) is 14.9. The van der Waals surface area contributed by atoms with Gasteiger partial charge in [0.2, 0.25) is 0 Å². The standard InChI is InChI=1S/C19H18N4O2/c1-13-3-5-14(6-4-13)18-16(11-20-22-18)12-21-23-19(24)15-7-9-17(25-2)10-8-15/h3-12H,1-2H3,(H,20,22)(H,23,24)/b21-12+. The number of rotatable bonds is 5. The van der Waals surface area contributed by atoms with Crippen LogP contribution in [0.25, 0.3) is 11.3 Å². The Balaban J connectivity index is 1.69. The average Bonchev–Trinajstić information content (AvgIpc) is 3.11. The highest BCUT2D eigenvalue weighted by Crippen LogP contribution is 2.20. The molecule has 6 nitrogen and oxygen atoms in total. The highest BCUT2D eigenvalue weighted by Gasteiger charge is 2.07. The molecule has 1 amide bonds. The van der Waals surface area contributed by atoms with Crippen LogP contribution in [0.1, 0.15) is 21.5 Å². The minimum atomic E-state index is -0.292. The first kappa shape index (κ1) is 16.4. The van der Waals surface area contributed by atoms with Crippen LogP contribution in [0.15, 0.2) is 59.8 Å². The van der Waals surface area contributed by atoms with Gasteiger partial charge in [-0.2, -0.15) is 10.2 Å². The van der Waals surface area contributed by atoms with Crippen molar-refractivity contribution in [1.29, 1.82) is 0 Å². The van der Waals surface area contributed by atoms with E-state index in [0.717, 1.165) is 16.8 Å². The monoisotopic (exact) mass is 334 g/mol. The molecule has 0 atom stereocenters. The van der Waals surface area contributed by atoms with Gasteiger partial charge in [-0.1, -0.05) is 29.8 Å². The van der Waals surface area contributed by atoms with Crippen molar-refractivity contribution in [3.63, 3.8) is 0 Å². The molecular weight excluding hydrogens is 316 g/mol. The lowest BCUT2D eigenvalue weighted by molar-refractivity contribution is 0.0955. The average molecular weight is 334 g/mol. The molecule has 3 rings (SSSR count). The van der Waals surface area contributed by atoms with Crippen molar-refractivity contribution in [1.82, 2.24) is 15.6 Å². The Morgan fingerprint density at radius 1 is 1.16 bits per heavy atom. The summed E-state index contributed by atoms with van der Waals surface area (Å²) < 4.78 is 5.07. The highest BCUT2D eigenvalue weighted by atomic mass is 16.5. The van der Waals surface area contributed by atoms with Crippen LogP contribution in [0.3, 0.4) is 0 Å². The number of methoxy groups -OCH3 is 1.